The fourth-order valence-corrected chi connectivity index (χ4v) is 2.81. The summed E-state index contributed by atoms with van der Waals surface area (Å²) in [4.78, 5) is 16.7. The number of fused-ring (bicyclic) bond motifs is 1. The van der Waals surface area contributed by atoms with Crippen molar-refractivity contribution in [3.63, 3.8) is 0 Å². The Balaban J connectivity index is 1.47. The van der Waals surface area contributed by atoms with Gasteiger partial charge in [-0.2, -0.15) is 0 Å². The third kappa shape index (κ3) is 5.43. The summed E-state index contributed by atoms with van der Waals surface area (Å²) in [7, 11) is 0. The van der Waals surface area contributed by atoms with E-state index in [1.807, 2.05) is 0 Å². The van der Waals surface area contributed by atoms with E-state index >= 15 is 0 Å². The van der Waals surface area contributed by atoms with Gasteiger partial charge in [-0.25, -0.2) is 4.98 Å². The maximum Gasteiger partial charge on any atom is 0.261 e. The summed E-state index contributed by atoms with van der Waals surface area (Å²) in [6, 6.07) is 11.9. The van der Waals surface area contributed by atoms with Gasteiger partial charge in [-0.3, -0.25) is 9.36 Å². The van der Waals surface area contributed by atoms with E-state index in [-0.39, 0.29) is 18.7 Å². The second-order valence-corrected chi connectivity index (χ2v) is 6.77. The van der Waals surface area contributed by atoms with Gasteiger partial charge in [0.25, 0.3) is 5.56 Å². The minimum atomic E-state index is -0.850. The molecule has 27 heavy (non-hydrogen) atoms. The van der Waals surface area contributed by atoms with Crippen LogP contribution in [-0.4, -0.2) is 40.6 Å². The Bertz CT molecular complexity index is 960. The number of aromatic nitrogens is 2. The fraction of sp³-hybridized carbons (Fsp3) is 0.263. The van der Waals surface area contributed by atoms with Gasteiger partial charge in [0.1, 0.15) is 12.4 Å². The lowest BCUT2D eigenvalue weighted by Crippen LogP contribution is -2.30. The summed E-state index contributed by atoms with van der Waals surface area (Å²) >= 11 is 11.7. The third-order valence-corrected chi connectivity index (χ3v) is 4.30. The standard InChI is InChI=1S/C19H18Cl2N2O4/c20-13-1-4-16(5-2-13)27-8-7-26-11-15(24)10-23-12-22-18-6-3-14(21)9-17(18)19(23)25/h1-6,9,12,15,24H,7-8,10-11H2. The molecule has 0 fully saturated rings. The van der Waals surface area contributed by atoms with Crippen LogP contribution in [0.4, 0.5) is 0 Å². The zero-order valence-corrected chi connectivity index (χ0v) is 15.9. The molecule has 8 heteroatoms. The molecule has 0 spiro atoms. The predicted molar refractivity (Wildman–Crippen MR) is 105 cm³/mol. The molecule has 1 aromatic heterocycles. The zero-order valence-electron chi connectivity index (χ0n) is 14.3. The molecule has 0 saturated carbocycles. The highest BCUT2D eigenvalue weighted by Crippen LogP contribution is 2.15. The number of halogens is 2. The second kappa shape index (κ2) is 9.19. The lowest BCUT2D eigenvalue weighted by molar-refractivity contribution is 0.0169. The molecule has 1 heterocycles. The molecule has 1 unspecified atom stereocenters. The van der Waals surface area contributed by atoms with Crippen molar-refractivity contribution >= 4 is 34.1 Å². The first-order valence-corrected chi connectivity index (χ1v) is 9.07. The summed E-state index contributed by atoms with van der Waals surface area (Å²) in [6.07, 6.45) is 0.558. The predicted octanol–water partition coefficient (Wildman–Crippen LogP) is 3.16. The van der Waals surface area contributed by atoms with Gasteiger partial charge in [-0.05, 0) is 42.5 Å². The van der Waals surface area contributed by atoms with Crippen LogP contribution in [0.25, 0.3) is 10.9 Å². The van der Waals surface area contributed by atoms with Gasteiger partial charge in [0.2, 0.25) is 0 Å². The van der Waals surface area contributed by atoms with Gasteiger partial charge < -0.3 is 14.6 Å². The van der Waals surface area contributed by atoms with Crippen molar-refractivity contribution in [2.24, 2.45) is 0 Å². The molecule has 0 aliphatic carbocycles. The maximum atomic E-state index is 12.5. The number of nitrogens with zero attached hydrogens (tertiary/aromatic N) is 2. The van der Waals surface area contributed by atoms with Crippen LogP contribution in [0.3, 0.4) is 0 Å². The van der Waals surface area contributed by atoms with E-state index in [0.717, 1.165) is 0 Å². The summed E-state index contributed by atoms with van der Waals surface area (Å²) in [6.45, 7) is 0.792. The zero-order chi connectivity index (χ0) is 19.2. The quantitative estimate of drug-likeness (QED) is 0.579. The molecule has 3 aromatic rings. The number of ether oxygens (including phenoxy) is 2. The van der Waals surface area contributed by atoms with Crippen molar-refractivity contribution in [2.45, 2.75) is 12.6 Å². The van der Waals surface area contributed by atoms with E-state index in [9.17, 15) is 9.90 Å². The van der Waals surface area contributed by atoms with Crippen LogP contribution in [0.15, 0.2) is 53.6 Å². The lowest BCUT2D eigenvalue weighted by Gasteiger charge is -2.13. The SMILES string of the molecule is O=c1c2cc(Cl)ccc2ncn1CC(O)COCCOc1ccc(Cl)cc1. The van der Waals surface area contributed by atoms with E-state index in [2.05, 4.69) is 4.98 Å². The minimum absolute atomic E-state index is 0.0734. The van der Waals surface area contributed by atoms with E-state index in [1.165, 1.54) is 10.9 Å². The van der Waals surface area contributed by atoms with Gasteiger partial charge in [0.15, 0.2) is 0 Å². The summed E-state index contributed by atoms with van der Waals surface area (Å²) in [5.74, 6) is 0.691. The van der Waals surface area contributed by atoms with Crippen molar-refractivity contribution in [1.29, 1.82) is 0 Å². The van der Waals surface area contributed by atoms with Gasteiger partial charge in [0.05, 0.1) is 43.1 Å². The highest BCUT2D eigenvalue weighted by molar-refractivity contribution is 6.31. The first-order valence-electron chi connectivity index (χ1n) is 8.32. The molecular weight excluding hydrogens is 391 g/mol. The minimum Gasteiger partial charge on any atom is -0.491 e. The molecule has 1 N–H and O–H groups in total. The fourth-order valence-electron chi connectivity index (χ4n) is 2.51. The highest BCUT2D eigenvalue weighted by Gasteiger charge is 2.10. The van der Waals surface area contributed by atoms with Crippen LogP contribution in [0.2, 0.25) is 10.0 Å². The number of hydrogen-bond donors (Lipinski definition) is 1. The molecule has 142 valence electrons. The Morgan fingerprint density at radius 2 is 1.81 bits per heavy atom. The van der Waals surface area contributed by atoms with Gasteiger partial charge in [-0.1, -0.05) is 23.2 Å². The number of aliphatic hydroxyl groups excluding tert-OH is 1. The van der Waals surface area contributed by atoms with Crippen LogP contribution in [0.5, 0.6) is 5.75 Å². The van der Waals surface area contributed by atoms with E-state index in [0.29, 0.717) is 39.9 Å². The average Bonchev–Trinajstić information content (AvgIpc) is 2.66. The normalized spacial score (nSPS) is 12.3. The lowest BCUT2D eigenvalue weighted by atomic mass is 10.2. The van der Waals surface area contributed by atoms with E-state index in [1.54, 1.807) is 42.5 Å². The van der Waals surface area contributed by atoms with Gasteiger partial charge in [-0.15, -0.1) is 0 Å². The Morgan fingerprint density at radius 1 is 1.07 bits per heavy atom. The highest BCUT2D eigenvalue weighted by atomic mass is 35.5. The van der Waals surface area contributed by atoms with Crippen molar-refractivity contribution in [1.82, 2.24) is 9.55 Å². The Kier molecular flexibility index (Phi) is 6.68. The van der Waals surface area contributed by atoms with Crippen LogP contribution >= 0.6 is 23.2 Å². The molecule has 6 nitrogen and oxygen atoms in total. The monoisotopic (exact) mass is 408 g/mol. The van der Waals surface area contributed by atoms with Crippen molar-refractivity contribution in [3.05, 3.63) is 69.2 Å². The number of benzene rings is 2. The summed E-state index contributed by atoms with van der Waals surface area (Å²) in [5, 5.41) is 11.6. The third-order valence-electron chi connectivity index (χ3n) is 3.81. The van der Waals surface area contributed by atoms with Crippen LogP contribution in [0.1, 0.15) is 0 Å². The average molecular weight is 409 g/mol. The van der Waals surface area contributed by atoms with Gasteiger partial charge in [0, 0.05) is 10.0 Å². The van der Waals surface area contributed by atoms with Crippen LogP contribution in [0, 0.1) is 0 Å². The molecule has 0 amide bonds. The largest absolute Gasteiger partial charge is 0.491 e. The topological polar surface area (TPSA) is 73.6 Å². The van der Waals surface area contributed by atoms with Gasteiger partial charge >= 0.3 is 0 Å². The molecule has 0 radical (unpaired) electrons. The van der Waals surface area contributed by atoms with Crippen molar-refractivity contribution in [2.75, 3.05) is 19.8 Å². The smallest absolute Gasteiger partial charge is 0.261 e. The Morgan fingerprint density at radius 3 is 2.59 bits per heavy atom. The second-order valence-electron chi connectivity index (χ2n) is 5.89. The molecule has 2 aromatic carbocycles. The van der Waals surface area contributed by atoms with Crippen molar-refractivity contribution < 1.29 is 14.6 Å². The van der Waals surface area contributed by atoms with E-state index in [4.69, 9.17) is 32.7 Å². The van der Waals surface area contributed by atoms with Crippen molar-refractivity contribution in [3.8, 4) is 5.75 Å². The maximum absolute atomic E-state index is 12.5. The Hall–Kier alpha value is -2.12. The molecule has 0 aliphatic heterocycles. The molecular formula is C19H18Cl2N2O4. The Labute approximate surface area is 165 Å². The molecule has 3 rings (SSSR count). The summed E-state index contributed by atoms with van der Waals surface area (Å²) in [5.41, 5.74) is 0.304. The summed E-state index contributed by atoms with van der Waals surface area (Å²) < 4.78 is 12.2. The van der Waals surface area contributed by atoms with Crippen LogP contribution in [-0.2, 0) is 11.3 Å². The number of hydrogen-bond acceptors (Lipinski definition) is 5. The number of aliphatic hydroxyl groups is 1. The van der Waals surface area contributed by atoms with Crippen LogP contribution < -0.4 is 10.3 Å². The van der Waals surface area contributed by atoms with E-state index < -0.39 is 6.10 Å². The molecule has 1 atom stereocenters. The molecule has 0 aliphatic rings. The number of rotatable bonds is 8. The molecule has 0 saturated heterocycles. The molecule has 0 bridgehead atoms. The first-order chi connectivity index (χ1) is 13.0. The first kappa shape index (κ1) is 19.6.